The molecule has 2 aromatic carbocycles. The van der Waals surface area contributed by atoms with Crippen LogP contribution in [0, 0.1) is 13.8 Å². The van der Waals surface area contributed by atoms with E-state index in [2.05, 4.69) is 0 Å². The third-order valence-corrected chi connectivity index (χ3v) is 3.77. The fourth-order valence-corrected chi connectivity index (χ4v) is 2.64. The van der Waals surface area contributed by atoms with E-state index in [1.807, 2.05) is 74.5 Å². The average molecular weight is 305 g/mol. The molecule has 116 valence electrons. The minimum atomic E-state index is -0.0468. The van der Waals surface area contributed by atoms with Gasteiger partial charge in [-0.3, -0.25) is 4.79 Å². The largest absolute Gasteiger partial charge is 0.466 e. The van der Waals surface area contributed by atoms with Crippen molar-refractivity contribution in [1.82, 2.24) is 0 Å². The van der Waals surface area contributed by atoms with Crippen LogP contribution < -0.4 is 4.90 Å². The Morgan fingerprint density at radius 2 is 1.57 bits per heavy atom. The van der Waals surface area contributed by atoms with Crippen molar-refractivity contribution in [1.29, 1.82) is 0 Å². The molecule has 0 saturated carbocycles. The number of carbonyl (C=O) groups excluding carboxylic acids is 1. The SMILES string of the molecule is Cc1cc(C(=O)N(Cc2ccccc2)c2ccccc2)c(C)o1. The summed E-state index contributed by atoms with van der Waals surface area (Å²) in [5.74, 6) is 1.36. The summed E-state index contributed by atoms with van der Waals surface area (Å²) in [5, 5.41) is 0. The Balaban J connectivity index is 1.98. The van der Waals surface area contributed by atoms with Crippen molar-refractivity contribution in [3.63, 3.8) is 0 Å². The maximum atomic E-state index is 13.0. The number of rotatable bonds is 4. The Bertz CT molecular complexity index is 791. The number of hydrogen-bond acceptors (Lipinski definition) is 2. The lowest BCUT2D eigenvalue weighted by molar-refractivity contribution is 0.0983. The summed E-state index contributed by atoms with van der Waals surface area (Å²) in [6.45, 7) is 4.20. The Hall–Kier alpha value is -2.81. The van der Waals surface area contributed by atoms with Crippen LogP contribution in [0.25, 0.3) is 0 Å². The molecule has 0 fully saturated rings. The fourth-order valence-electron chi connectivity index (χ4n) is 2.64. The molecule has 3 aromatic rings. The van der Waals surface area contributed by atoms with Gasteiger partial charge in [-0.05, 0) is 37.6 Å². The molecule has 3 heteroatoms. The zero-order valence-corrected chi connectivity index (χ0v) is 13.3. The number of hydrogen-bond donors (Lipinski definition) is 0. The Morgan fingerprint density at radius 1 is 0.957 bits per heavy atom. The number of aryl methyl sites for hydroxylation is 2. The summed E-state index contributed by atoms with van der Waals surface area (Å²) < 4.78 is 5.52. The topological polar surface area (TPSA) is 33.5 Å². The number of furan rings is 1. The molecule has 3 nitrogen and oxygen atoms in total. The molecule has 0 aliphatic heterocycles. The molecule has 0 saturated heterocycles. The maximum absolute atomic E-state index is 13.0. The van der Waals surface area contributed by atoms with Crippen molar-refractivity contribution in [3.05, 3.63) is 89.4 Å². The fraction of sp³-hybridized carbons (Fsp3) is 0.150. The summed E-state index contributed by atoms with van der Waals surface area (Å²) in [7, 11) is 0. The lowest BCUT2D eigenvalue weighted by Gasteiger charge is -2.23. The average Bonchev–Trinajstić information content (AvgIpc) is 2.92. The molecule has 1 amide bonds. The van der Waals surface area contributed by atoms with Crippen molar-refractivity contribution < 1.29 is 9.21 Å². The highest BCUT2D eigenvalue weighted by Gasteiger charge is 2.22. The lowest BCUT2D eigenvalue weighted by atomic mass is 10.1. The smallest absolute Gasteiger partial charge is 0.262 e. The summed E-state index contributed by atoms with van der Waals surface area (Å²) >= 11 is 0. The standard InChI is InChI=1S/C20H19NO2/c1-15-13-19(16(2)23-15)20(22)21(18-11-7-4-8-12-18)14-17-9-5-3-6-10-17/h3-13H,14H2,1-2H3. The van der Waals surface area contributed by atoms with Gasteiger partial charge in [-0.1, -0.05) is 48.5 Å². The van der Waals surface area contributed by atoms with Gasteiger partial charge >= 0.3 is 0 Å². The molecular formula is C20H19NO2. The Kier molecular flexibility index (Phi) is 4.29. The van der Waals surface area contributed by atoms with Gasteiger partial charge in [-0.2, -0.15) is 0 Å². The van der Waals surface area contributed by atoms with Crippen LogP contribution in [0.15, 0.2) is 71.1 Å². The van der Waals surface area contributed by atoms with Crippen LogP contribution in [0.1, 0.15) is 27.4 Å². The maximum Gasteiger partial charge on any atom is 0.262 e. The van der Waals surface area contributed by atoms with Crippen LogP contribution >= 0.6 is 0 Å². The van der Waals surface area contributed by atoms with Gasteiger partial charge in [-0.25, -0.2) is 0 Å². The first-order valence-corrected chi connectivity index (χ1v) is 7.63. The molecule has 0 aliphatic rings. The lowest BCUT2D eigenvalue weighted by Crippen LogP contribution is -2.30. The first kappa shape index (κ1) is 15.1. The zero-order chi connectivity index (χ0) is 16.2. The second kappa shape index (κ2) is 6.53. The van der Waals surface area contributed by atoms with Crippen LogP contribution in [-0.2, 0) is 6.54 Å². The van der Waals surface area contributed by atoms with Gasteiger partial charge in [0.25, 0.3) is 5.91 Å². The zero-order valence-electron chi connectivity index (χ0n) is 13.3. The van der Waals surface area contributed by atoms with E-state index in [0.717, 1.165) is 17.0 Å². The van der Waals surface area contributed by atoms with E-state index in [9.17, 15) is 4.79 Å². The van der Waals surface area contributed by atoms with Gasteiger partial charge in [0.05, 0.1) is 12.1 Å². The summed E-state index contributed by atoms with van der Waals surface area (Å²) in [5.41, 5.74) is 2.57. The van der Waals surface area contributed by atoms with Gasteiger partial charge in [0.1, 0.15) is 11.5 Å². The van der Waals surface area contributed by atoms with Crippen LogP contribution in [0.2, 0.25) is 0 Å². The molecule has 0 aliphatic carbocycles. The van der Waals surface area contributed by atoms with Crippen molar-refractivity contribution >= 4 is 11.6 Å². The quantitative estimate of drug-likeness (QED) is 0.697. The Labute approximate surface area is 136 Å². The highest BCUT2D eigenvalue weighted by atomic mass is 16.3. The van der Waals surface area contributed by atoms with Crippen molar-refractivity contribution in [2.24, 2.45) is 0 Å². The molecule has 0 N–H and O–H groups in total. The van der Waals surface area contributed by atoms with Crippen LogP contribution in [-0.4, -0.2) is 5.91 Å². The summed E-state index contributed by atoms with van der Waals surface area (Å²) in [6.07, 6.45) is 0. The predicted octanol–water partition coefficient (Wildman–Crippen LogP) is 4.74. The van der Waals surface area contributed by atoms with Gasteiger partial charge in [0, 0.05) is 5.69 Å². The van der Waals surface area contributed by atoms with Crippen LogP contribution in [0.4, 0.5) is 5.69 Å². The van der Waals surface area contributed by atoms with E-state index in [0.29, 0.717) is 17.9 Å². The molecule has 3 rings (SSSR count). The molecule has 0 atom stereocenters. The van der Waals surface area contributed by atoms with Crippen LogP contribution in [0.5, 0.6) is 0 Å². The van der Waals surface area contributed by atoms with Crippen LogP contribution in [0.3, 0.4) is 0 Å². The summed E-state index contributed by atoms with van der Waals surface area (Å²) in [6, 6.07) is 21.5. The van der Waals surface area contributed by atoms with E-state index < -0.39 is 0 Å². The third-order valence-electron chi connectivity index (χ3n) is 3.77. The third kappa shape index (κ3) is 3.34. The van der Waals surface area contributed by atoms with E-state index in [1.165, 1.54) is 0 Å². The number of nitrogens with zero attached hydrogens (tertiary/aromatic N) is 1. The van der Waals surface area contributed by atoms with Gasteiger partial charge in [0.15, 0.2) is 0 Å². The molecular weight excluding hydrogens is 286 g/mol. The molecule has 0 unspecified atom stereocenters. The first-order chi connectivity index (χ1) is 11.1. The van der Waals surface area contributed by atoms with E-state index in [4.69, 9.17) is 4.42 Å². The molecule has 1 heterocycles. The molecule has 1 aromatic heterocycles. The van der Waals surface area contributed by atoms with Gasteiger partial charge in [0.2, 0.25) is 0 Å². The summed E-state index contributed by atoms with van der Waals surface area (Å²) in [4.78, 5) is 14.8. The van der Waals surface area contributed by atoms with Crippen molar-refractivity contribution in [2.75, 3.05) is 4.90 Å². The van der Waals surface area contributed by atoms with E-state index in [1.54, 1.807) is 11.0 Å². The Morgan fingerprint density at radius 3 is 2.13 bits per heavy atom. The van der Waals surface area contributed by atoms with Gasteiger partial charge in [-0.15, -0.1) is 0 Å². The highest BCUT2D eigenvalue weighted by Crippen LogP contribution is 2.23. The van der Waals surface area contributed by atoms with E-state index in [-0.39, 0.29) is 5.91 Å². The first-order valence-electron chi connectivity index (χ1n) is 7.63. The van der Waals surface area contributed by atoms with Crippen molar-refractivity contribution in [2.45, 2.75) is 20.4 Å². The minimum Gasteiger partial charge on any atom is -0.466 e. The number of amides is 1. The second-order valence-electron chi connectivity index (χ2n) is 5.54. The molecule has 0 spiro atoms. The number of benzene rings is 2. The molecule has 0 bridgehead atoms. The minimum absolute atomic E-state index is 0.0468. The number of para-hydroxylation sites is 1. The number of carbonyl (C=O) groups is 1. The molecule has 0 radical (unpaired) electrons. The van der Waals surface area contributed by atoms with Gasteiger partial charge < -0.3 is 9.32 Å². The van der Waals surface area contributed by atoms with E-state index >= 15 is 0 Å². The van der Waals surface area contributed by atoms with Crippen molar-refractivity contribution in [3.8, 4) is 0 Å². The monoisotopic (exact) mass is 305 g/mol. The second-order valence-corrected chi connectivity index (χ2v) is 5.54. The highest BCUT2D eigenvalue weighted by molar-refractivity contribution is 6.06. The molecule has 23 heavy (non-hydrogen) atoms. The normalized spacial score (nSPS) is 10.5. The predicted molar refractivity (Wildman–Crippen MR) is 91.6 cm³/mol. The number of anilines is 1.